The lowest BCUT2D eigenvalue weighted by molar-refractivity contribution is 0.112. The van der Waals surface area contributed by atoms with Crippen molar-refractivity contribution in [1.82, 2.24) is 9.88 Å². The molecule has 0 aromatic carbocycles. The van der Waals surface area contributed by atoms with Gasteiger partial charge in [-0.25, -0.2) is 4.98 Å². The Hall–Kier alpha value is -0.450. The monoisotopic (exact) mass is 268 g/mol. The van der Waals surface area contributed by atoms with Crippen molar-refractivity contribution in [1.29, 1.82) is 0 Å². The molecule has 0 spiro atoms. The lowest BCUT2D eigenvalue weighted by Crippen LogP contribution is -2.38. The van der Waals surface area contributed by atoms with Gasteiger partial charge < -0.3 is 5.11 Å². The molecule has 0 amide bonds. The van der Waals surface area contributed by atoms with Gasteiger partial charge in [-0.2, -0.15) is 0 Å². The zero-order chi connectivity index (χ0) is 13.1. The molecule has 0 aliphatic carbocycles. The number of likely N-dealkylation sites (tertiary alicyclic amines) is 1. The first-order valence-corrected chi connectivity index (χ1v) is 7.78. The molecule has 2 heterocycles. The van der Waals surface area contributed by atoms with Gasteiger partial charge in [-0.05, 0) is 40.2 Å². The van der Waals surface area contributed by atoms with Gasteiger partial charge in [0.25, 0.3) is 0 Å². The first-order valence-electron chi connectivity index (χ1n) is 6.96. The van der Waals surface area contributed by atoms with E-state index in [1.807, 2.05) is 13.1 Å². The average Bonchev–Trinajstić information content (AvgIpc) is 2.76. The third-order valence-corrected chi connectivity index (χ3v) is 4.68. The predicted octanol–water partition coefficient (Wildman–Crippen LogP) is 3.00. The van der Waals surface area contributed by atoms with E-state index in [0.29, 0.717) is 12.1 Å². The molecule has 0 saturated carbocycles. The molecule has 1 aromatic rings. The van der Waals surface area contributed by atoms with E-state index >= 15 is 0 Å². The molecular weight excluding hydrogens is 244 g/mol. The van der Waals surface area contributed by atoms with E-state index in [4.69, 9.17) is 0 Å². The van der Waals surface area contributed by atoms with E-state index in [-0.39, 0.29) is 6.10 Å². The molecule has 1 aliphatic rings. The largest absolute Gasteiger partial charge is 0.393 e. The van der Waals surface area contributed by atoms with Crippen LogP contribution in [0, 0.1) is 0 Å². The Bertz CT molecular complexity index is 376. The average molecular weight is 268 g/mol. The number of nitrogens with zero attached hydrogens (tertiary/aromatic N) is 2. The molecule has 1 saturated heterocycles. The molecule has 2 atom stereocenters. The zero-order valence-corrected chi connectivity index (χ0v) is 12.4. The van der Waals surface area contributed by atoms with Gasteiger partial charge in [0, 0.05) is 23.5 Å². The topological polar surface area (TPSA) is 36.4 Å². The first kappa shape index (κ1) is 14.0. The number of thiazole rings is 1. The molecule has 102 valence electrons. The highest BCUT2D eigenvalue weighted by molar-refractivity contribution is 7.11. The van der Waals surface area contributed by atoms with Crippen molar-refractivity contribution in [2.45, 2.75) is 64.6 Å². The van der Waals surface area contributed by atoms with Crippen LogP contribution >= 0.6 is 11.3 Å². The van der Waals surface area contributed by atoms with Crippen LogP contribution in [-0.2, 0) is 6.42 Å². The molecular formula is C14H24N2OS. The molecule has 2 rings (SSSR count). The summed E-state index contributed by atoms with van der Waals surface area (Å²) in [4.78, 5) is 8.36. The maximum Gasteiger partial charge on any atom is 0.110 e. The zero-order valence-electron chi connectivity index (χ0n) is 11.6. The van der Waals surface area contributed by atoms with Crippen LogP contribution in [0.3, 0.4) is 0 Å². The van der Waals surface area contributed by atoms with Crippen LogP contribution in [0.1, 0.15) is 56.0 Å². The summed E-state index contributed by atoms with van der Waals surface area (Å²) in [5.74, 6) is 0. The van der Waals surface area contributed by atoms with Crippen molar-refractivity contribution in [2.75, 3.05) is 6.54 Å². The van der Waals surface area contributed by atoms with Crippen molar-refractivity contribution in [3.63, 3.8) is 0 Å². The van der Waals surface area contributed by atoms with Crippen molar-refractivity contribution >= 4 is 11.3 Å². The highest BCUT2D eigenvalue weighted by Crippen LogP contribution is 2.34. The summed E-state index contributed by atoms with van der Waals surface area (Å²) in [6, 6.07) is 1.07. The van der Waals surface area contributed by atoms with Gasteiger partial charge in [-0.3, -0.25) is 4.90 Å². The molecule has 4 heteroatoms. The van der Waals surface area contributed by atoms with Crippen molar-refractivity contribution in [2.24, 2.45) is 0 Å². The molecule has 1 fully saturated rings. The molecule has 3 nitrogen and oxygen atoms in total. The fourth-order valence-corrected chi connectivity index (χ4v) is 3.89. The minimum absolute atomic E-state index is 0.272. The van der Waals surface area contributed by atoms with E-state index in [1.165, 1.54) is 35.7 Å². The molecule has 2 unspecified atom stereocenters. The molecule has 0 radical (unpaired) electrons. The first-order chi connectivity index (χ1) is 8.58. The predicted molar refractivity (Wildman–Crippen MR) is 75.9 cm³/mol. The third-order valence-electron chi connectivity index (χ3n) is 3.56. The summed E-state index contributed by atoms with van der Waals surface area (Å²) in [5.41, 5.74) is 0. The van der Waals surface area contributed by atoms with Crippen LogP contribution in [0.15, 0.2) is 6.20 Å². The summed E-state index contributed by atoms with van der Waals surface area (Å²) in [6.07, 6.45) is 6.23. The molecule has 1 aromatic heterocycles. The Morgan fingerprint density at radius 3 is 2.89 bits per heavy atom. The number of aliphatic hydroxyl groups is 1. The fourth-order valence-electron chi connectivity index (χ4n) is 2.70. The Morgan fingerprint density at radius 1 is 1.44 bits per heavy atom. The SMILES string of the molecule is CC(O)Cc1cnc(C2CCCCN2C(C)C)s1. The molecule has 18 heavy (non-hydrogen) atoms. The summed E-state index contributed by atoms with van der Waals surface area (Å²) >= 11 is 1.78. The second kappa shape index (κ2) is 6.13. The van der Waals surface area contributed by atoms with Gasteiger partial charge >= 0.3 is 0 Å². The second-order valence-electron chi connectivity index (χ2n) is 5.56. The van der Waals surface area contributed by atoms with Crippen LogP contribution < -0.4 is 0 Å². The standard InChI is InChI=1S/C14H24N2OS/c1-10(2)16-7-5-4-6-13(16)14-15-9-12(18-14)8-11(3)17/h9-11,13,17H,4-8H2,1-3H3. The van der Waals surface area contributed by atoms with Crippen LogP contribution in [0.5, 0.6) is 0 Å². The van der Waals surface area contributed by atoms with E-state index in [2.05, 4.69) is 23.7 Å². The smallest absolute Gasteiger partial charge is 0.110 e. The number of rotatable bonds is 4. The van der Waals surface area contributed by atoms with Crippen LogP contribution in [0.25, 0.3) is 0 Å². The lowest BCUT2D eigenvalue weighted by Gasteiger charge is -2.37. The minimum Gasteiger partial charge on any atom is -0.393 e. The fraction of sp³-hybridized carbons (Fsp3) is 0.786. The minimum atomic E-state index is -0.272. The quantitative estimate of drug-likeness (QED) is 0.912. The van der Waals surface area contributed by atoms with Gasteiger partial charge in [0.2, 0.25) is 0 Å². The Kier molecular flexibility index (Phi) is 4.76. The Labute approximate surface area is 114 Å². The number of hydrogen-bond acceptors (Lipinski definition) is 4. The highest BCUT2D eigenvalue weighted by atomic mass is 32.1. The van der Waals surface area contributed by atoms with Gasteiger partial charge in [0.1, 0.15) is 5.01 Å². The maximum absolute atomic E-state index is 9.43. The van der Waals surface area contributed by atoms with E-state index < -0.39 is 0 Å². The van der Waals surface area contributed by atoms with Gasteiger partial charge in [0.15, 0.2) is 0 Å². The maximum atomic E-state index is 9.43. The molecule has 1 N–H and O–H groups in total. The Balaban J connectivity index is 2.10. The van der Waals surface area contributed by atoms with Crippen LogP contribution in [-0.4, -0.2) is 33.7 Å². The van der Waals surface area contributed by atoms with Gasteiger partial charge in [0.05, 0.1) is 12.1 Å². The van der Waals surface area contributed by atoms with E-state index in [0.717, 1.165) is 6.42 Å². The summed E-state index contributed by atoms with van der Waals surface area (Å²) in [6.45, 7) is 7.55. The number of aromatic nitrogens is 1. The molecule has 1 aliphatic heterocycles. The number of hydrogen-bond donors (Lipinski definition) is 1. The van der Waals surface area contributed by atoms with Crippen LogP contribution in [0.4, 0.5) is 0 Å². The van der Waals surface area contributed by atoms with Crippen LogP contribution in [0.2, 0.25) is 0 Å². The van der Waals surface area contributed by atoms with Gasteiger partial charge in [-0.15, -0.1) is 11.3 Å². The molecule has 0 bridgehead atoms. The van der Waals surface area contributed by atoms with Gasteiger partial charge in [-0.1, -0.05) is 6.42 Å². The normalized spacial score (nSPS) is 23.5. The second-order valence-corrected chi connectivity index (χ2v) is 6.71. The van der Waals surface area contributed by atoms with E-state index in [1.54, 1.807) is 11.3 Å². The number of piperidine rings is 1. The summed E-state index contributed by atoms with van der Waals surface area (Å²) < 4.78 is 0. The highest BCUT2D eigenvalue weighted by Gasteiger charge is 2.28. The van der Waals surface area contributed by atoms with Crippen molar-refractivity contribution in [3.05, 3.63) is 16.1 Å². The van der Waals surface area contributed by atoms with E-state index in [9.17, 15) is 5.11 Å². The lowest BCUT2D eigenvalue weighted by atomic mass is 10.0. The summed E-state index contributed by atoms with van der Waals surface area (Å²) in [5, 5.41) is 10.7. The number of aliphatic hydroxyl groups excluding tert-OH is 1. The Morgan fingerprint density at radius 2 is 2.22 bits per heavy atom. The third kappa shape index (κ3) is 3.31. The summed E-state index contributed by atoms with van der Waals surface area (Å²) in [7, 11) is 0. The van der Waals surface area contributed by atoms with Crippen molar-refractivity contribution in [3.8, 4) is 0 Å². The van der Waals surface area contributed by atoms with Crippen molar-refractivity contribution < 1.29 is 5.11 Å².